The van der Waals surface area contributed by atoms with Crippen molar-refractivity contribution in [2.45, 2.75) is 37.9 Å². The molecule has 0 aliphatic carbocycles. The van der Waals surface area contributed by atoms with Crippen LogP contribution in [0.3, 0.4) is 0 Å². The van der Waals surface area contributed by atoms with Crippen LogP contribution in [0, 0.1) is 0 Å². The number of aryl methyl sites for hydroxylation is 1. The molecule has 212 valence electrons. The Kier molecular flexibility index (Phi) is 10.8. The summed E-state index contributed by atoms with van der Waals surface area (Å²) in [5.74, 6) is -4.84. The number of aliphatic carboxylic acids is 2. The number of imidazole rings is 1. The highest BCUT2D eigenvalue weighted by Gasteiger charge is 2.39. The Morgan fingerprint density at radius 3 is 2.00 bits per heavy atom. The van der Waals surface area contributed by atoms with Gasteiger partial charge in [0, 0.05) is 57.2 Å². The second-order valence-electron chi connectivity index (χ2n) is 8.06. The molecule has 4 rings (SSSR count). The van der Waals surface area contributed by atoms with E-state index in [1.165, 1.54) is 17.0 Å². The summed E-state index contributed by atoms with van der Waals surface area (Å²) < 4.78 is 65.6. The predicted molar refractivity (Wildman–Crippen MR) is 124 cm³/mol. The van der Waals surface area contributed by atoms with Crippen LogP contribution in [0.5, 0.6) is 0 Å². The van der Waals surface area contributed by atoms with Gasteiger partial charge in [-0.3, -0.25) is 4.90 Å². The fourth-order valence-electron chi connectivity index (χ4n) is 3.38. The Morgan fingerprint density at radius 2 is 1.49 bits per heavy atom. The van der Waals surface area contributed by atoms with Crippen LogP contribution in [-0.4, -0.2) is 71.5 Å². The molecule has 0 saturated carbocycles. The lowest BCUT2D eigenvalue weighted by Crippen LogP contribution is -2.44. The highest BCUT2D eigenvalue weighted by Crippen LogP contribution is 2.24. The van der Waals surface area contributed by atoms with E-state index >= 15 is 0 Å². The van der Waals surface area contributed by atoms with Gasteiger partial charge in [0.15, 0.2) is 0 Å². The van der Waals surface area contributed by atoms with Crippen molar-refractivity contribution in [1.82, 2.24) is 24.4 Å². The van der Waals surface area contributed by atoms with Crippen LogP contribution in [0.2, 0.25) is 0 Å². The van der Waals surface area contributed by atoms with E-state index < -0.39 is 24.3 Å². The predicted octanol–water partition coefficient (Wildman–Crippen LogP) is 3.52. The highest BCUT2D eigenvalue weighted by molar-refractivity contribution is 5.73. The molecular weight excluding hydrogens is 538 g/mol. The average molecular weight is 562 g/mol. The second-order valence-corrected chi connectivity index (χ2v) is 8.06. The van der Waals surface area contributed by atoms with Gasteiger partial charge in [0.05, 0.1) is 12.0 Å². The molecule has 0 fully saturated rings. The van der Waals surface area contributed by atoms with Gasteiger partial charge in [-0.25, -0.2) is 24.5 Å². The molecule has 0 bridgehead atoms. The van der Waals surface area contributed by atoms with Gasteiger partial charge in [0.25, 0.3) is 0 Å². The monoisotopic (exact) mass is 562 g/mol. The third kappa shape index (κ3) is 10.2. The molecule has 0 radical (unpaired) electrons. The van der Waals surface area contributed by atoms with Crippen molar-refractivity contribution in [2.75, 3.05) is 11.9 Å². The van der Waals surface area contributed by atoms with Gasteiger partial charge in [0.1, 0.15) is 0 Å². The van der Waals surface area contributed by atoms with Gasteiger partial charge >= 0.3 is 24.3 Å². The van der Waals surface area contributed by atoms with E-state index in [0.29, 0.717) is 12.0 Å². The number of anilines is 1. The van der Waals surface area contributed by atoms with Crippen LogP contribution >= 0.6 is 0 Å². The third-order valence-corrected chi connectivity index (χ3v) is 5.22. The Balaban J connectivity index is 0.000000317. The van der Waals surface area contributed by atoms with Crippen molar-refractivity contribution < 1.29 is 46.1 Å². The number of alkyl halides is 6. The van der Waals surface area contributed by atoms with Crippen molar-refractivity contribution in [1.29, 1.82) is 0 Å². The van der Waals surface area contributed by atoms with Crippen LogP contribution in [-0.2, 0) is 36.1 Å². The average Bonchev–Trinajstić information content (AvgIpc) is 3.23. The Morgan fingerprint density at radius 1 is 0.949 bits per heavy atom. The number of rotatable bonds is 5. The first-order valence-corrected chi connectivity index (χ1v) is 11.1. The highest BCUT2D eigenvalue weighted by atomic mass is 19.4. The maximum atomic E-state index is 10.6. The summed E-state index contributed by atoms with van der Waals surface area (Å²) in [5, 5.41) is 17.6. The molecule has 1 aliphatic heterocycles. The second kappa shape index (κ2) is 13.5. The van der Waals surface area contributed by atoms with Crippen molar-refractivity contribution in [3.05, 3.63) is 72.1 Å². The quantitative estimate of drug-likeness (QED) is 0.400. The van der Waals surface area contributed by atoms with Gasteiger partial charge in [-0.1, -0.05) is 30.3 Å². The van der Waals surface area contributed by atoms with Gasteiger partial charge < -0.3 is 20.1 Å². The smallest absolute Gasteiger partial charge is 0.475 e. The number of hydrogen-bond donors (Lipinski definition) is 3. The number of carboxylic acid groups (broad SMARTS) is 2. The largest absolute Gasteiger partial charge is 0.490 e. The molecule has 0 spiro atoms. The Hall–Kier alpha value is -4.21. The molecule has 2 aromatic heterocycles. The Labute approximate surface area is 217 Å². The number of aromatic nitrogens is 4. The Bertz CT molecular complexity index is 1180. The first kappa shape index (κ1) is 31.0. The molecule has 39 heavy (non-hydrogen) atoms. The minimum atomic E-state index is -5.08. The summed E-state index contributed by atoms with van der Waals surface area (Å²) in [7, 11) is 2.07. The number of carbonyl (C=O) groups is 2. The molecule has 3 N–H and O–H groups in total. The molecule has 1 aliphatic rings. The first-order valence-electron chi connectivity index (χ1n) is 11.1. The third-order valence-electron chi connectivity index (χ3n) is 5.22. The normalized spacial score (nSPS) is 15.1. The number of carboxylic acids is 2. The zero-order chi connectivity index (χ0) is 29.2. The van der Waals surface area contributed by atoms with Gasteiger partial charge in [-0.2, -0.15) is 26.3 Å². The maximum absolute atomic E-state index is 10.6. The topological polar surface area (TPSA) is 133 Å². The number of benzene rings is 1. The molecule has 3 heterocycles. The van der Waals surface area contributed by atoms with Crippen LogP contribution in [0.4, 0.5) is 32.3 Å². The maximum Gasteiger partial charge on any atom is 0.490 e. The number of nitrogens with one attached hydrogen (secondary N) is 1. The summed E-state index contributed by atoms with van der Waals surface area (Å²) in [6.07, 6.45) is -3.76. The van der Waals surface area contributed by atoms with Crippen LogP contribution < -0.4 is 5.32 Å². The number of nitrogens with zero attached hydrogens (tertiary/aromatic N) is 5. The van der Waals surface area contributed by atoms with Gasteiger partial charge in [0.2, 0.25) is 5.95 Å². The number of fused-ring (bicyclic) bond motifs is 1. The van der Waals surface area contributed by atoms with Crippen LogP contribution in [0.25, 0.3) is 0 Å². The van der Waals surface area contributed by atoms with Gasteiger partial charge in [-0.05, 0) is 11.6 Å². The van der Waals surface area contributed by atoms with Crippen molar-refractivity contribution in [3.8, 4) is 0 Å². The van der Waals surface area contributed by atoms with E-state index in [4.69, 9.17) is 19.8 Å². The van der Waals surface area contributed by atoms with E-state index in [0.717, 1.165) is 26.1 Å². The van der Waals surface area contributed by atoms with Crippen molar-refractivity contribution >= 4 is 17.9 Å². The minimum Gasteiger partial charge on any atom is -0.475 e. The molecule has 1 unspecified atom stereocenters. The van der Waals surface area contributed by atoms with E-state index in [1.807, 2.05) is 12.4 Å². The van der Waals surface area contributed by atoms with E-state index in [2.05, 4.69) is 67.1 Å². The lowest BCUT2D eigenvalue weighted by atomic mass is 10.0. The molecule has 3 aromatic rings. The molecule has 0 amide bonds. The minimum absolute atomic E-state index is 0.368. The number of hydrogen-bond acceptors (Lipinski definition) is 7. The molecule has 10 nitrogen and oxygen atoms in total. The molecule has 1 atom stereocenters. The van der Waals surface area contributed by atoms with E-state index in [1.54, 1.807) is 12.4 Å². The standard InChI is InChI=1S/C19H22N6.2C2HF3O2/c1-24-14-23-17-13-25(12-15-6-3-2-4-7-15)16(10-18(17)24)11-22-19-20-8-5-9-21-19;2*3-2(4,5)1(6)7/h2-9,14,16H,10-13H2,1H3,(H,20,21,22);2*(H,6,7). The van der Waals surface area contributed by atoms with Crippen LogP contribution in [0.15, 0.2) is 55.1 Å². The van der Waals surface area contributed by atoms with E-state index in [9.17, 15) is 26.3 Å². The zero-order valence-electron chi connectivity index (χ0n) is 20.3. The molecule has 1 aromatic carbocycles. The fourth-order valence-corrected chi connectivity index (χ4v) is 3.38. The molecular formula is C23H24F6N6O4. The summed E-state index contributed by atoms with van der Waals surface area (Å²) >= 11 is 0. The summed E-state index contributed by atoms with van der Waals surface area (Å²) in [4.78, 5) is 33.4. The molecule has 0 saturated heterocycles. The first-order chi connectivity index (χ1) is 18.2. The van der Waals surface area contributed by atoms with Crippen LogP contribution in [0.1, 0.15) is 17.0 Å². The lowest BCUT2D eigenvalue weighted by molar-refractivity contribution is -0.193. The number of halogens is 6. The summed E-state index contributed by atoms with van der Waals surface area (Å²) in [6, 6.07) is 12.8. The summed E-state index contributed by atoms with van der Waals surface area (Å²) in [6.45, 7) is 2.59. The fraction of sp³-hybridized carbons (Fsp3) is 0.348. The summed E-state index contributed by atoms with van der Waals surface area (Å²) in [5.41, 5.74) is 3.83. The van der Waals surface area contributed by atoms with Crippen molar-refractivity contribution in [2.24, 2.45) is 7.05 Å². The SMILES string of the molecule is Cn1cnc2c1CC(CNc1ncccn1)N(Cc1ccccc1)C2.O=C(O)C(F)(F)F.O=C(O)C(F)(F)F. The molecule has 16 heteroatoms. The lowest BCUT2D eigenvalue weighted by Gasteiger charge is -2.35. The van der Waals surface area contributed by atoms with Gasteiger partial charge in [-0.15, -0.1) is 0 Å². The van der Waals surface area contributed by atoms with E-state index in [-0.39, 0.29) is 0 Å². The van der Waals surface area contributed by atoms with Crippen molar-refractivity contribution in [3.63, 3.8) is 0 Å². The zero-order valence-corrected chi connectivity index (χ0v) is 20.3.